The molecule has 0 saturated heterocycles. The van der Waals surface area contributed by atoms with Crippen LogP contribution < -0.4 is 10.7 Å². The van der Waals surface area contributed by atoms with Crippen LogP contribution in [0.5, 0.6) is 0 Å². The second-order valence-corrected chi connectivity index (χ2v) is 8.70. The Morgan fingerprint density at radius 2 is 1.91 bits per heavy atom. The Morgan fingerprint density at radius 1 is 1.06 bits per heavy atom. The van der Waals surface area contributed by atoms with Gasteiger partial charge in [-0.25, -0.2) is 23.3 Å². The molecule has 1 aliphatic rings. The summed E-state index contributed by atoms with van der Waals surface area (Å²) in [4.78, 5) is 3.62. The number of benzene rings is 2. The summed E-state index contributed by atoms with van der Waals surface area (Å²) in [7, 11) is 0. The maximum absolute atomic E-state index is 14.7. The number of rotatable bonds is 6. The number of imidazole rings is 1. The SMILES string of the molecule is NCCCC1(c2ccccc2)SC(c2cc(F)ccc2F)=NN1c1cnn2ccnc2c1. The summed E-state index contributed by atoms with van der Waals surface area (Å²) in [6.07, 6.45) is 6.48. The zero-order valence-electron chi connectivity index (χ0n) is 17.0. The van der Waals surface area contributed by atoms with Crippen LogP contribution in [0.4, 0.5) is 14.5 Å². The summed E-state index contributed by atoms with van der Waals surface area (Å²) in [5.74, 6) is -1.04. The number of fused-ring (bicyclic) bond motifs is 1. The van der Waals surface area contributed by atoms with Crippen LogP contribution in [0.15, 0.2) is 78.3 Å². The lowest BCUT2D eigenvalue weighted by Gasteiger charge is -2.37. The topological polar surface area (TPSA) is 71.8 Å². The van der Waals surface area contributed by atoms with Gasteiger partial charge in [-0.15, -0.1) is 0 Å². The van der Waals surface area contributed by atoms with E-state index in [4.69, 9.17) is 10.8 Å². The zero-order valence-corrected chi connectivity index (χ0v) is 17.8. The third-order valence-electron chi connectivity index (χ3n) is 5.39. The lowest BCUT2D eigenvalue weighted by Crippen LogP contribution is -2.38. The van der Waals surface area contributed by atoms with Gasteiger partial charge in [0.2, 0.25) is 0 Å². The largest absolute Gasteiger partial charge is 0.330 e. The molecule has 5 rings (SSSR count). The highest BCUT2D eigenvalue weighted by atomic mass is 32.2. The number of nitrogens with two attached hydrogens (primary N) is 1. The van der Waals surface area contributed by atoms with E-state index < -0.39 is 16.5 Å². The van der Waals surface area contributed by atoms with Crippen LogP contribution in [0.25, 0.3) is 5.65 Å². The molecule has 0 radical (unpaired) electrons. The van der Waals surface area contributed by atoms with Crippen molar-refractivity contribution >= 4 is 28.1 Å². The van der Waals surface area contributed by atoms with E-state index >= 15 is 0 Å². The Hall–Kier alpha value is -3.30. The van der Waals surface area contributed by atoms with Gasteiger partial charge in [-0.2, -0.15) is 10.2 Å². The van der Waals surface area contributed by atoms with E-state index in [1.165, 1.54) is 17.8 Å². The second kappa shape index (κ2) is 8.33. The molecule has 9 heteroatoms. The maximum Gasteiger partial charge on any atom is 0.155 e. The van der Waals surface area contributed by atoms with Gasteiger partial charge in [-0.1, -0.05) is 42.1 Å². The molecule has 0 aliphatic carbocycles. The van der Waals surface area contributed by atoms with Gasteiger partial charge in [0.1, 0.15) is 21.5 Å². The van der Waals surface area contributed by atoms with E-state index in [1.807, 2.05) is 41.4 Å². The Morgan fingerprint density at radius 3 is 2.72 bits per heavy atom. The first-order chi connectivity index (χ1) is 15.6. The molecule has 2 N–H and O–H groups in total. The van der Waals surface area contributed by atoms with E-state index in [-0.39, 0.29) is 5.56 Å². The number of anilines is 1. The number of hydrazone groups is 1. The number of hydrogen-bond acceptors (Lipinski definition) is 6. The van der Waals surface area contributed by atoms with Gasteiger partial charge in [-0.05, 0) is 43.1 Å². The van der Waals surface area contributed by atoms with Gasteiger partial charge in [0.05, 0.1) is 11.9 Å². The van der Waals surface area contributed by atoms with Crippen LogP contribution in [-0.4, -0.2) is 26.2 Å². The van der Waals surface area contributed by atoms with Crippen molar-refractivity contribution in [2.24, 2.45) is 10.8 Å². The number of nitrogens with zero attached hydrogens (tertiary/aromatic N) is 5. The van der Waals surface area contributed by atoms with Crippen LogP contribution >= 0.6 is 11.8 Å². The van der Waals surface area contributed by atoms with Crippen molar-refractivity contribution in [2.45, 2.75) is 17.7 Å². The molecule has 0 amide bonds. The monoisotopic (exact) mass is 450 g/mol. The number of halogens is 2. The van der Waals surface area contributed by atoms with Crippen molar-refractivity contribution in [1.82, 2.24) is 14.6 Å². The van der Waals surface area contributed by atoms with Gasteiger partial charge >= 0.3 is 0 Å². The second-order valence-electron chi connectivity index (χ2n) is 7.43. The van der Waals surface area contributed by atoms with E-state index in [0.717, 1.165) is 17.7 Å². The smallest absolute Gasteiger partial charge is 0.155 e. The highest BCUT2D eigenvalue weighted by Gasteiger charge is 2.46. The summed E-state index contributed by atoms with van der Waals surface area (Å²) in [5, 5.41) is 11.5. The molecule has 0 spiro atoms. The minimum atomic E-state index is -0.707. The molecular weight excluding hydrogens is 430 g/mol. The Balaban J connectivity index is 1.70. The van der Waals surface area contributed by atoms with Gasteiger partial charge in [0.25, 0.3) is 0 Å². The van der Waals surface area contributed by atoms with Crippen molar-refractivity contribution < 1.29 is 8.78 Å². The normalized spacial score (nSPS) is 18.3. The molecule has 2 aromatic heterocycles. The summed E-state index contributed by atoms with van der Waals surface area (Å²) >= 11 is 1.40. The number of thioether (sulfide) groups is 1. The maximum atomic E-state index is 14.7. The van der Waals surface area contributed by atoms with Crippen LogP contribution in [0.2, 0.25) is 0 Å². The van der Waals surface area contributed by atoms with Crippen molar-refractivity contribution in [1.29, 1.82) is 0 Å². The molecule has 0 fully saturated rings. The summed E-state index contributed by atoms with van der Waals surface area (Å²) < 4.78 is 30.4. The van der Waals surface area contributed by atoms with E-state index in [2.05, 4.69) is 10.1 Å². The third-order valence-corrected chi connectivity index (χ3v) is 6.83. The van der Waals surface area contributed by atoms with Gasteiger partial charge in [0.15, 0.2) is 5.65 Å². The fourth-order valence-electron chi connectivity index (χ4n) is 3.87. The molecule has 32 heavy (non-hydrogen) atoms. The molecule has 0 saturated carbocycles. The molecular formula is C23H20F2N6S. The zero-order chi connectivity index (χ0) is 22.1. The van der Waals surface area contributed by atoms with Crippen LogP contribution in [-0.2, 0) is 4.87 Å². The minimum Gasteiger partial charge on any atom is -0.330 e. The van der Waals surface area contributed by atoms with E-state index in [9.17, 15) is 8.78 Å². The number of aromatic nitrogens is 3. The molecule has 6 nitrogen and oxygen atoms in total. The molecule has 4 aromatic rings. The standard InChI is InChI=1S/C23H20F2N6S/c24-17-7-8-20(25)19(13-17)22-29-31(18-14-21-27-11-12-30(21)28-15-18)23(32-22,9-4-10-26)16-5-2-1-3-6-16/h1-3,5-8,11-15H,4,9-10,26H2. The highest BCUT2D eigenvalue weighted by Crippen LogP contribution is 2.52. The van der Waals surface area contributed by atoms with Crippen molar-refractivity contribution in [3.8, 4) is 0 Å². The van der Waals surface area contributed by atoms with Crippen LogP contribution in [0.3, 0.4) is 0 Å². The molecule has 1 aliphatic heterocycles. The molecule has 1 unspecified atom stereocenters. The minimum absolute atomic E-state index is 0.125. The Labute approximate surface area is 187 Å². The van der Waals surface area contributed by atoms with Crippen molar-refractivity contribution in [3.63, 3.8) is 0 Å². The lowest BCUT2D eigenvalue weighted by molar-refractivity contribution is 0.526. The van der Waals surface area contributed by atoms with Crippen molar-refractivity contribution in [2.75, 3.05) is 11.6 Å². The first kappa shape index (κ1) is 20.6. The molecule has 3 heterocycles. The van der Waals surface area contributed by atoms with E-state index in [1.54, 1.807) is 23.1 Å². The number of hydrogen-bond donors (Lipinski definition) is 1. The predicted octanol–water partition coefficient (Wildman–Crippen LogP) is 4.51. The predicted molar refractivity (Wildman–Crippen MR) is 122 cm³/mol. The van der Waals surface area contributed by atoms with Gasteiger partial charge in [-0.3, -0.25) is 0 Å². The fraction of sp³-hybridized carbons (Fsp3) is 0.174. The molecule has 1 atom stereocenters. The Bertz CT molecular complexity index is 1290. The quantitative estimate of drug-likeness (QED) is 0.468. The molecule has 0 bridgehead atoms. The average molecular weight is 451 g/mol. The summed E-state index contributed by atoms with van der Waals surface area (Å²) in [6.45, 7) is 0.490. The highest BCUT2D eigenvalue weighted by molar-refractivity contribution is 8.15. The molecule has 2 aromatic carbocycles. The molecule has 162 valence electrons. The average Bonchev–Trinajstić information content (AvgIpc) is 3.45. The van der Waals surface area contributed by atoms with Crippen LogP contribution in [0, 0.1) is 11.6 Å². The lowest BCUT2D eigenvalue weighted by atomic mass is 10.00. The van der Waals surface area contributed by atoms with Crippen molar-refractivity contribution in [3.05, 3.63) is 95.9 Å². The first-order valence-corrected chi connectivity index (χ1v) is 11.0. The van der Waals surface area contributed by atoms with Crippen LogP contribution in [0.1, 0.15) is 24.0 Å². The van der Waals surface area contributed by atoms with Gasteiger partial charge < -0.3 is 5.73 Å². The fourth-order valence-corrected chi connectivity index (χ4v) is 5.31. The third kappa shape index (κ3) is 3.53. The van der Waals surface area contributed by atoms with E-state index in [0.29, 0.717) is 35.8 Å². The summed E-state index contributed by atoms with van der Waals surface area (Å²) in [6, 6.07) is 15.2. The summed E-state index contributed by atoms with van der Waals surface area (Å²) in [5.41, 5.74) is 8.35. The van der Waals surface area contributed by atoms with Gasteiger partial charge in [0, 0.05) is 24.0 Å². The first-order valence-electron chi connectivity index (χ1n) is 10.2. The Kier molecular flexibility index (Phi) is 5.36.